The van der Waals surface area contributed by atoms with Gasteiger partial charge < -0.3 is 4.90 Å². The van der Waals surface area contributed by atoms with Gasteiger partial charge in [-0.05, 0) is 0 Å². The molecule has 2 aliphatic rings. The number of imide groups is 1. The van der Waals surface area contributed by atoms with Gasteiger partial charge in [-0.15, -0.1) is 0 Å². The molecule has 0 aromatic carbocycles. The Morgan fingerprint density at radius 1 is 1.40 bits per heavy atom. The highest BCUT2D eigenvalue weighted by molar-refractivity contribution is 6.04. The van der Waals surface area contributed by atoms with Gasteiger partial charge in [0.25, 0.3) is 0 Å². The number of carbonyl (C=O) groups is 3. The van der Waals surface area contributed by atoms with E-state index in [0.29, 0.717) is 6.54 Å². The molecule has 2 aliphatic heterocycles. The molecule has 0 bridgehead atoms. The van der Waals surface area contributed by atoms with E-state index in [9.17, 15) is 14.4 Å². The molecule has 2 rings (SSSR count). The van der Waals surface area contributed by atoms with Crippen LogP contribution in [0, 0.1) is 11.3 Å². The van der Waals surface area contributed by atoms with Crippen molar-refractivity contribution >= 4 is 17.7 Å². The lowest BCUT2D eigenvalue weighted by Crippen LogP contribution is -2.37. The molecule has 0 aromatic heterocycles. The Morgan fingerprint density at radius 3 is 2.47 bits per heavy atom. The first-order chi connectivity index (χ1) is 7.13. The molecule has 2 heterocycles. The molecule has 2 fully saturated rings. The van der Waals surface area contributed by atoms with E-state index in [4.69, 9.17) is 5.26 Å². The maximum atomic E-state index is 11.5. The van der Waals surface area contributed by atoms with Crippen LogP contribution in [0.5, 0.6) is 0 Å². The molecule has 0 aliphatic carbocycles. The first-order valence-corrected chi connectivity index (χ1v) is 4.66. The second-order valence-electron chi connectivity index (χ2n) is 3.56. The van der Waals surface area contributed by atoms with E-state index in [0.717, 1.165) is 4.90 Å². The zero-order valence-electron chi connectivity index (χ0n) is 7.97. The molecule has 0 aromatic rings. The highest BCUT2D eigenvalue weighted by Crippen LogP contribution is 2.18. The van der Waals surface area contributed by atoms with Crippen molar-refractivity contribution in [3.05, 3.63) is 0 Å². The lowest BCUT2D eigenvalue weighted by Gasteiger charge is -2.12. The maximum Gasteiger partial charge on any atom is 0.243 e. The van der Waals surface area contributed by atoms with Crippen LogP contribution in [-0.4, -0.2) is 46.7 Å². The second-order valence-corrected chi connectivity index (χ2v) is 3.56. The molecule has 78 valence electrons. The molecular weight excluding hydrogens is 198 g/mol. The molecular formula is C9H9N3O3. The summed E-state index contributed by atoms with van der Waals surface area (Å²) in [5, 5.41) is 8.50. The fourth-order valence-electron chi connectivity index (χ4n) is 1.55. The van der Waals surface area contributed by atoms with Crippen molar-refractivity contribution in [3.63, 3.8) is 0 Å². The van der Waals surface area contributed by atoms with Gasteiger partial charge in [0.1, 0.15) is 12.6 Å². The fourth-order valence-corrected chi connectivity index (χ4v) is 1.55. The zero-order valence-corrected chi connectivity index (χ0v) is 7.97. The molecule has 0 saturated carbocycles. The van der Waals surface area contributed by atoms with Gasteiger partial charge in [0, 0.05) is 12.8 Å². The average Bonchev–Trinajstić information content (AvgIpc) is 2.95. The molecule has 2 saturated heterocycles. The van der Waals surface area contributed by atoms with Crippen LogP contribution in [0.3, 0.4) is 0 Å². The van der Waals surface area contributed by atoms with Gasteiger partial charge in [-0.2, -0.15) is 5.26 Å². The lowest BCUT2D eigenvalue weighted by molar-refractivity contribution is -0.143. The number of nitrogens with zero attached hydrogens (tertiary/aromatic N) is 3. The standard InChI is InChI=1S/C9H9N3O3/c10-3-6-4-11(6)9(15)5-12-7(13)1-2-8(12)14/h6H,1-2,4-5H2. The van der Waals surface area contributed by atoms with Crippen LogP contribution in [0.15, 0.2) is 0 Å². The third-order valence-corrected chi connectivity index (χ3v) is 2.53. The summed E-state index contributed by atoms with van der Waals surface area (Å²) in [6, 6.07) is 1.56. The normalized spacial score (nSPS) is 24.3. The van der Waals surface area contributed by atoms with E-state index in [-0.39, 0.29) is 43.1 Å². The summed E-state index contributed by atoms with van der Waals surface area (Å²) >= 11 is 0. The third kappa shape index (κ3) is 1.68. The molecule has 1 unspecified atom stereocenters. The Labute approximate surface area is 86.0 Å². The van der Waals surface area contributed by atoms with Crippen molar-refractivity contribution in [2.45, 2.75) is 18.9 Å². The summed E-state index contributed by atoms with van der Waals surface area (Å²) in [7, 11) is 0. The quantitative estimate of drug-likeness (QED) is 0.424. The van der Waals surface area contributed by atoms with Gasteiger partial charge in [0.15, 0.2) is 0 Å². The van der Waals surface area contributed by atoms with Crippen molar-refractivity contribution in [3.8, 4) is 6.07 Å². The number of amides is 3. The number of hydrogen-bond donors (Lipinski definition) is 0. The summed E-state index contributed by atoms with van der Waals surface area (Å²) in [4.78, 5) is 36.1. The first kappa shape index (κ1) is 9.65. The highest BCUT2D eigenvalue weighted by atomic mass is 16.2. The minimum Gasteiger partial charge on any atom is -0.320 e. The van der Waals surface area contributed by atoms with Crippen molar-refractivity contribution in [1.82, 2.24) is 9.80 Å². The van der Waals surface area contributed by atoms with E-state index in [2.05, 4.69) is 0 Å². The minimum absolute atomic E-state index is 0.188. The molecule has 0 N–H and O–H groups in total. The van der Waals surface area contributed by atoms with Gasteiger partial charge in [0.2, 0.25) is 17.7 Å². The van der Waals surface area contributed by atoms with Crippen LogP contribution in [0.1, 0.15) is 12.8 Å². The first-order valence-electron chi connectivity index (χ1n) is 4.66. The molecule has 1 atom stereocenters. The predicted octanol–water partition coefficient (Wildman–Crippen LogP) is -1.13. The molecule has 6 nitrogen and oxygen atoms in total. The van der Waals surface area contributed by atoms with E-state index in [1.54, 1.807) is 0 Å². The van der Waals surface area contributed by atoms with Crippen LogP contribution in [-0.2, 0) is 14.4 Å². The zero-order chi connectivity index (χ0) is 11.0. The minimum atomic E-state index is -0.370. The summed E-state index contributed by atoms with van der Waals surface area (Å²) in [6.45, 7) is 0.196. The monoisotopic (exact) mass is 207 g/mol. The van der Waals surface area contributed by atoms with Gasteiger partial charge in [-0.25, -0.2) is 0 Å². The van der Waals surface area contributed by atoms with Crippen LogP contribution in [0.2, 0.25) is 0 Å². The fraction of sp³-hybridized carbons (Fsp3) is 0.556. The van der Waals surface area contributed by atoms with Crippen molar-refractivity contribution < 1.29 is 14.4 Å². The SMILES string of the molecule is N#CC1CN1C(=O)CN1C(=O)CCC1=O. The summed E-state index contributed by atoms with van der Waals surface area (Å²) in [6.07, 6.45) is 0.377. The highest BCUT2D eigenvalue weighted by Gasteiger charge is 2.41. The average molecular weight is 207 g/mol. The number of hydrogen-bond acceptors (Lipinski definition) is 4. The molecule has 0 radical (unpaired) electrons. The van der Waals surface area contributed by atoms with Crippen molar-refractivity contribution in [1.29, 1.82) is 5.26 Å². The summed E-state index contributed by atoms with van der Waals surface area (Å²) in [5.74, 6) is -0.933. The van der Waals surface area contributed by atoms with Crippen molar-refractivity contribution in [2.24, 2.45) is 0 Å². The summed E-state index contributed by atoms with van der Waals surface area (Å²) < 4.78 is 0. The molecule has 15 heavy (non-hydrogen) atoms. The Bertz CT molecular complexity index is 369. The van der Waals surface area contributed by atoms with Gasteiger partial charge in [0.05, 0.1) is 12.6 Å². The number of rotatable bonds is 2. The largest absolute Gasteiger partial charge is 0.320 e. The van der Waals surface area contributed by atoms with E-state index in [1.165, 1.54) is 4.90 Å². The lowest BCUT2D eigenvalue weighted by atomic mass is 10.4. The van der Waals surface area contributed by atoms with Crippen LogP contribution in [0.25, 0.3) is 0 Å². The number of likely N-dealkylation sites (tertiary alicyclic amines) is 1. The topological polar surface area (TPSA) is 81.2 Å². The van der Waals surface area contributed by atoms with Gasteiger partial charge >= 0.3 is 0 Å². The van der Waals surface area contributed by atoms with E-state index < -0.39 is 0 Å². The maximum absolute atomic E-state index is 11.5. The van der Waals surface area contributed by atoms with Crippen LogP contribution < -0.4 is 0 Å². The Kier molecular flexibility index (Phi) is 2.15. The molecule has 3 amide bonds. The smallest absolute Gasteiger partial charge is 0.243 e. The predicted molar refractivity (Wildman–Crippen MR) is 47.1 cm³/mol. The molecule has 0 spiro atoms. The van der Waals surface area contributed by atoms with Gasteiger partial charge in [-0.3, -0.25) is 19.3 Å². The Morgan fingerprint density at radius 2 is 2.00 bits per heavy atom. The van der Waals surface area contributed by atoms with Gasteiger partial charge in [-0.1, -0.05) is 0 Å². The van der Waals surface area contributed by atoms with Crippen LogP contribution in [0.4, 0.5) is 0 Å². The third-order valence-electron chi connectivity index (χ3n) is 2.53. The Hall–Kier alpha value is -1.90. The van der Waals surface area contributed by atoms with Crippen molar-refractivity contribution in [2.75, 3.05) is 13.1 Å². The number of nitriles is 1. The number of carbonyl (C=O) groups excluding carboxylic acids is 3. The van der Waals surface area contributed by atoms with E-state index in [1.807, 2.05) is 6.07 Å². The Balaban J connectivity index is 1.93. The van der Waals surface area contributed by atoms with Crippen LogP contribution >= 0.6 is 0 Å². The summed E-state index contributed by atoms with van der Waals surface area (Å²) in [5.41, 5.74) is 0. The van der Waals surface area contributed by atoms with E-state index >= 15 is 0 Å². The molecule has 6 heteroatoms. The second kappa shape index (κ2) is 3.35.